The fraction of sp³-hybridized carbons (Fsp3) is 0.0435. The van der Waals surface area contributed by atoms with E-state index in [0.717, 1.165) is 20.6 Å². The van der Waals surface area contributed by atoms with Crippen molar-refractivity contribution >= 4 is 34.7 Å². The average molecular weight is 459 g/mol. The van der Waals surface area contributed by atoms with Crippen LogP contribution in [0.3, 0.4) is 0 Å². The van der Waals surface area contributed by atoms with E-state index in [-0.39, 0.29) is 5.91 Å². The maximum absolute atomic E-state index is 13.2. The Morgan fingerprint density at radius 3 is 2.53 bits per heavy atom. The first kappa shape index (κ1) is 20.2. The van der Waals surface area contributed by atoms with Crippen molar-refractivity contribution in [3.05, 3.63) is 90.2 Å². The van der Waals surface area contributed by atoms with Gasteiger partial charge in [0.2, 0.25) is 0 Å². The highest BCUT2D eigenvalue weighted by atomic mass is 32.2. The maximum atomic E-state index is 13.2. The van der Waals surface area contributed by atoms with Gasteiger partial charge in [0.1, 0.15) is 12.0 Å². The molecule has 5 aromatic rings. The number of carbonyl (C=O) groups excluding carboxylic acids is 1. The van der Waals surface area contributed by atoms with Gasteiger partial charge in [-0.15, -0.1) is 21.5 Å². The van der Waals surface area contributed by atoms with Crippen LogP contribution in [-0.4, -0.2) is 30.5 Å². The number of nitrogens with one attached hydrogen (secondary N) is 1. The number of amides is 1. The molecule has 0 aliphatic carbocycles. The van der Waals surface area contributed by atoms with E-state index in [9.17, 15) is 4.79 Å². The number of rotatable bonds is 6. The van der Waals surface area contributed by atoms with Crippen LogP contribution in [0.1, 0.15) is 10.4 Å². The molecule has 0 bridgehead atoms. The van der Waals surface area contributed by atoms with E-state index in [0.29, 0.717) is 16.9 Å². The van der Waals surface area contributed by atoms with E-state index >= 15 is 0 Å². The summed E-state index contributed by atoms with van der Waals surface area (Å²) < 4.78 is 3.60. The lowest BCUT2D eigenvalue weighted by molar-refractivity contribution is 0.102. The van der Waals surface area contributed by atoms with Gasteiger partial charge in [0.05, 0.1) is 16.1 Å². The summed E-state index contributed by atoms with van der Waals surface area (Å²) in [6.45, 7) is 0. The maximum Gasteiger partial charge on any atom is 0.259 e. The third kappa shape index (κ3) is 4.20. The molecule has 3 aromatic heterocycles. The Morgan fingerprint density at radius 2 is 1.84 bits per heavy atom. The predicted octanol–water partition coefficient (Wildman–Crippen LogP) is 5.13. The predicted molar refractivity (Wildman–Crippen MR) is 126 cm³/mol. The number of thiophene rings is 1. The Kier molecular flexibility index (Phi) is 5.57. The zero-order valence-electron chi connectivity index (χ0n) is 17.0. The van der Waals surface area contributed by atoms with Gasteiger partial charge in [0, 0.05) is 23.8 Å². The van der Waals surface area contributed by atoms with Crippen LogP contribution in [0.4, 0.5) is 5.69 Å². The molecule has 158 valence electrons. The van der Waals surface area contributed by atoms with E-state index < -0.39 is 0 Å². The molecule has 3 heterocycles. The molecule has 1 N–H and O–H groups in total. The zero-order valence-corrected chi connectivity index (χ0v) is 18.7. The lowest BCUT2D eigenvalue weighted by Gasteiger charge is -2.06. The van der Waals surface area contributed by atoms with Gasteiger partial charge < -0.3 is 9.88 Å². The number of nitrogens with zero attached hydrogens (tertiary/aromatic N) is 5. The van der Waals surface area contributed by atoms with Crippen molar-refractivity contribution in [3.8, 4) is 16.3 Å². The van der Waals surface area contributed by atoms with Crippen LogP contribution in [-0.2, 0) is 7.05 Å². The van der Waals surface area contributed by atoms with Gasteiger partial charge in [0.25, 0.3) is 5.91 Å². The number of hydrogen-bond donors (Lipinski definition) is 1. The van der Waals surface area contributed by atoms with Crippen LogP contribution in [0.25, 0.3) is 16.3 Å². The molecule has 9 heteroatoms. The first-order valence-electron chi connectivity index (χ1n) is 9.79. The second-order valence-electron chi connectivity index (χ2n) is 6.95. The summed E-state index contributed by atoms with van der Waals surface area (Å²) in [5, 5.41) is 18.4. The molecular weight excluding hydrogens is 440 g/mol. The smallest absolute Gasteiger partial charge is 0.259 e. The number of anilines is 1. The van der Waals surface area contributed by atoms with Crippen molar-refractivity contribution in [2.24, 2.45) is 7.05 Å². The molecule has 0 saturated carbocycles. The Morgan fingerprint density at radius 1 is 1.03 bits per heavy atom. The normalized spacial score (nSPS) is 10.9. The first-order chi connectivity index (χ1) is 15.7. The monoisotopic (exact) mass is 458 g/mol. The molecule has 0 atom stereocenters. The third-order valence-electron chi connectivity index (χ3n) is 4.73. The summed E-state index contributed by atoms with van der Waals surface area (Å²) in [7, 11) is 1.90. The summed E-state index contributed by atoms with van der Waals surface area (Å²) in [6.07, 6.45) is 3.44. The highest BCUT2D eigenvalue weighted by molar-refractivity contribution is 7.99. The molecule has 5 rings (SSSR count). The van der Waals surface area contributed by atoms with Crippen molar-refractivity contribution in [1.29, 1.82) is 0 Å². The van der Waals surface area contributed by atoms with Crippen LogP contribution >= 0.6 is 23.1 Å². The van der Waals surface area contributed by atoms with Crippen molar-refractivity contribution in [3.63, 3.8) is 0 Å². The van der Waals surface area contributed by atoms with Crippen molar-refractivity contribution in [2.45, 2.75) is 10.1 Å². The lowest BCUT2D eigenvalue weighted by atomic mass is 10.2. The number of aryl methyl sites for hydroxylation is 1. The molecule has 0 fully saturated rings. The van der Waals surface area contributed by atoms with Crippen LogP contribution in [0.2, 0.25) is 0 Å². The highest BCUT2D eigenvalue weighted by Crippen LogP contribution is 2.29. The van der Waals surface area contributed by atoms with Crippen LogP contribution in [0.15, 0.2) is 94.7 Å². The molecule has 0 aliphatic rings. The van der Waals surface area contributed by atoms with Gasteiger partial charge in [-0.3, -0.25) is 4.79 Å². The van der Waals surface area contributed by atoms with E-state index in [4.69, 9.17) is 5.10 Å². The van der Waals surface area contributed by atoms with Crippen molar-refractivity contribution < 1.29 is 4.79 Å². The first-order valence-corrected chi connectivity index (χ1v) is 11.5. The topological polar surface area (TPSA) is 77.6 Å². The molecular formula is C23H18N6OS2. The number of hydrogen-bond acceptors (Lipinski definition) is 6. The summed E-state index contributed by atoms with van der Waals surface area (Å²) in [4.78, 5) is 15.1. The summed E-state index contributed by atoms with van der Waals surface area (Å²) in [5.74, 6) is -0.204. The van der Waals surface area contributed by atoms with Gasteiger partial charge >= 0.3 is 0 Å². The SMILES string of the molecule is Cn1cnnc1Sc1ccc(NC(=O)c2cn(-c3ccccc3)nc2-c2cccs2)cc1. The van der Waals surface area contributed by atoms with Gasteiger partial charge in [-0.1, -0.05) is 24.3 Å². The summed E-state index contributed by atoms with van der Waals surface area (Å²) in [5.41, 5.74) is 2.79. The van der Waals surface area contributed by atoms with Gasteiger partial charge in [-0.05, 0) is 59.6 Å². The van der Waals surface area contributed by atoms with Gasteiger partial charge in [-0.2, -0.15) is 5.10 Å². The lowest BCUT2D eigenvalue weighted by Crippen LogP contribution is -2.12. The summed E-state index contributed by atoms with van der Waals surface area (Å²) in [6, 6.07) is 21.3. The number of carbonyl (C=O) groups is 1. The molecule has 7 nitrogen and oxygen atoms in total. The Bertz CT molecular complexity index is 1340. The molecule has 0 spiro atoms. The summed E-state index contributed by atoms with van der Waals surface area (Å²) >= 11 is 3.07. The minimum Gasteiger partial charge on any atom is -0.322 e. The largest absolute Gasteiger partial charge is 0.322 e. The zero-order chi connectivity index (χ0) is 21.9. The quantitative estimate of drug-likeness (QED) is 0.382. The minimum absolute atomic E-state index is 0.204. The van der Waals surface area contributed by atoms with E-state index in [1.165, 1.54) is 11.8 Å². The Hall–Kier alpha value is -3.69. The molecule has 32 heavy (non-hydrogen) atoms. The number of aromatic nitrogens is 5. The third-order valence-corrected chi connectivity index (χ3v) is 6.66. The van der Waals surface area contributed by atoms with E-state index in [2.05, 4.69) is 15.5 Å². The molecule has 0 aliphatic heterocycles. The molecule has 1 amide bonds. The minimum atomic E-state index is -0.204. The average Bonchev–Trinajstić information content (AvgIpc) is 3.57. The number of para-hydroxylation sites is 1. The van der Waals surface area contributed by atoms with E-state index in [1.807, 2.05) is 83.7 Å². The fourth-order valence-corrected chi connectivity index (χ4v) is 4.61. The second-order valence-corrected chi connectivity index (χ2v) is 8.94. The molecule has 2 aromatic carbocycles. The molecule has 0 saturated heterocycles. The Balaban J connectivity index is 1.39. The van der Waals surface area contributed by atoms with Crippen LogP contribution in [0, 0.1) is 0 Å². The van der Waals surface area contributed by atoms with Gasteiger partial charge in [-0.25, -0.2) is 4.68 Å². The van der Waals surface area contributed by atoms with Crippen molar-refractivity contribution in [1.82, 2.24) is 24.5 Å². The van der Waals surface area contributed by atoms with E-state index in [1.54, 1.807) is 28.5 Å². The standard InChI is InChI=1S/C23H18N6OS2/c1-28-15-24-26-23(28)32-18-11-9-16(10-12-18)25-22(30)19-14-29(17-6-3-2-4-7-17)27-21(19)20-8-5-13-31-20/h2-15H,1H3,(H,25,30). The van der Waals surface area contributed by atoms with Crippen LogP contribution < -0.4 is 5.32 Å². The van der Waals surface area contributed by atoms with Crippen LogP contribution in [0.5, 0.6) is 0 Å². The van der Waals surface area contributed by atoms with Crippen molar-refractivity contribution in [2.75, 3.05) is 5.32 Å². The second kappa shape index (κ2) is 8.81. The fourth-order valence-electron chi connectivity index (χ4n) is 3.12. The Labute approximate surface area is 192 Å². The van der Waals surface area contributed by atoms with Gasteiger partial charge in [0.15, 0.2) is 5.16 Å². The number of benzene rings is 2. The molecule has 0 radical (unpaired) electrons. The highest BCUT2D eigenvalue weighted by Gasteiger charge is 2.19. The molecule has 0 unspecified atom stereocenters.